The van der Waals surface area contributed by atoms with E-state index in [9.17, 15) is 4.79 Å². The quantitative estimate of drug-likeness (QED) is 0.864. The van der Waals surface area contributed by atoms with Crippen molar-refractivity contribution in [3.05, 3.63) is 33.7 Å². The summed E-state index contributed by atoms with van der Waals surface area (Å²) in [5.74, 6) is -0.961. The van der Waals surface area contributed by atoms with Crippen LogP contribution >= 0.6 is 15.9 Å². The van der Waals surface area contributed by atoms with Gasteiger partial charge in [-0.3, -0.25) is 4.40 Å². The van der Waals surface area contributed by atoms with Crippen molar-refractivity contribution in [2.24, 2.45) is 0 Å². The molecule has 2 heterocycles. The van der Waals surface area contributed by atoms with Crippen molar-refractivity contribution >= 4 is 27.5 Å². The van der Waals surface area contributed by atoms with Crippen LogP contribution < -0.4 is 0 Å². The van der Waals surface area contributed by atoms with Crippen LogP contribution in [0.25, 0.3) is 5.65 Å². The molecule has 0 unspecified atom stereocenters. The van der Waals surface area contributed by atoms with Gasteiger partial charge in [-0.05, 0) is 41.4 Å². The fourth-order valence-corrected chi connectivity index (χ4v) is 2.24. The van der Waals surface area contributed by atoms with Gasteiger partial charge in [0.2, 0.25) is 0 Å². The fraction of sp³-hybridized carbons (Fsp3) is 0.200. The van der Waals surface area contributed by atoms with Crippen LogP contribution in [0.2, 0.25) is 0 Å². The van der Waals surface area contributed by atoms with E-state index in [1.54, 1.807) is 17.5 Å². The summed E-state index contributed by atoms with van der Waals surface area (Å²) in [6.45, 7) is 3.60. The summed E-state index contributed by atoms with van der Waals surface area (Å²) in [7, 11) is 0. The molecule has 0 spiro atoms. The van der Waals surface area contributed by atoms with E-state index in [1.807, 2.05) is 13.0 Å². The molecule has 78 valence electrons. The van der Waals surface area contributed by atoms with Gasteiger partial charge in [-0.1, -0.05) is 0 Å². The molecule has 0 saturated carbocycles. The number of imidazole rings is 1. The Balaban J connectivity index is 2.93. The molecule has 0 aliphatic carbocycles. The molecular weight excluding hydrogens is 260 g/mol. The number of rotatable bonds is 1. The van der Waals surface area contributed by atoms with Gasteiger partial charge in [-0.2, -0.15) is 0 Å². The lowest BCUT2D eigenvalue weighted by molar-refractivity contribution is 0.0688. The Hall–Kier alpha value is -1.36. The maximum atomic E-state index is 11.0. The Morgan fingerprint density at radius 1 is 1.53 bits per heavy atom. The number of halogens is 1. The average molecular weight is 269 g/mol. The number of hydrogen-bond acceptors (Lipinski definition) is 2. The third kappa shape index (κ3) is 1.52. The van der Waals surface area contributed by atoms with Gasteiger partial charge in [0.1, 0.15) is 0 Å². The van der Waals surface area contributed by atoms with Crippen LogP contribution in [0.5, 0.6) is 0 Å². The van der Waals surface area contributed by atoms with E-state index in [-0.39, 0.29) is 5.69 Å². The first-order chi connectivity index (χ1) is 7.00. The predicted octanol–water partition coefficient (Wildman–Crippen LogP) is 2.41. The first-order valence-corrected chi connectivity index (χ1v) is 5.18. The molecule has 0 aromatic carbocycles. The highest BCUT2D eigenvalue weighted by Crippen LogP contribution is 2.22. The SMILES string of the molecule is Cc1cc(Br)c2nc(C)c(C(=O)O)n2c1. The van der Waals surface area contributed by atoms with Crippen molar-refractivity contribution in [2.45, 2.75) is 13.8 Å². The van der Waals surface area contributed by atoms with Crippen molar-refractivity contribution in [1.29, 1.82) is 0 Å². The largest absolute Gasteiger partial charge is 0.477 e. The third-order valence-corrected chi connectivity index (χ3v) is 2.77. The zero-order chi connectivity index (χ0) is 11.2. The van der Waals surface area contributed by atoms with Crippen LogP contribution in [0.1, 0.15) is 21.7 Å². The van der Waals surface area contributed by atoms with Crippen molar-refractivity contribution in [3.8, 4) is 0 Å². The smallest absolute Gasteiger partial charge is 0.354 e. The maximum Gasteiger partial charge on any atom is 0.354 e. The predicted molar refractivity (Wildman–Crippen MR) is 59.3 cm³/mol. The van der Waals surface area contributed by atoms with E-state index in [0.717, 1.165) is 10.0 Å². The van der Waals surface area contributed by atoms with Crippen molar-refractivity contribution < 1.29 is 9.90 Å². The Bertz CT molecular complexity index is 560. The topological polar surface area (TPSA) is 54.6 Å². The van der Waals surface area contributed by atoms with Crippen LogP contribution in [0.15, 0.2) is 16.7 Å². The van der Waals surface area contributed by atoms with Gasteiger partial charge in [0, 0.05) is 6.20 Å². The van der Waals surface area contributed by atoms with E-state index in [1.165, 1.54) is 0 Å². The van der Waals surface area contributed by atoms with Gasteiger partial charge in [0.05, 0.1) is 10.2 Å². The van der Waals surface area contributed by atoms with E-state index in [2.05, 4.69) is 20.9 Å². The van der Waals surface area contributed by atoms with E-state index in [0.29, 0.717) is 11.3 Å². The number of pyridine rings is 1. The van der Waals surface area contributed by atoms with Gasteiger partial charge < -0.3 is 5.11 Å². The van der Waals surface area contributed by atoms with Crippen LogP contribution in [-0.4, -0.2) is 20.5 Å². The standard InChI is InChI=1S/C10H9BrN2O2/c1-5-3-7(11)9-12-6(2)8(10(14)15)13(9)4-5/h3-4H,1-2H3,(H,14,15). The summed E-state index contributed by atoms with van der Waals surface area (Å²) in [5, 5.41) is 9.06. The van der Waals surface area contributed by atoms with Crippen molar-refractivity contribution in [2.75, 3.05) is 0 Å². The molecule has 0 aliphatic rings. The van der Waals surface area contributed by atoms with Crippen LogP contribution in [0.3, 0.4) is 0 Å². The van der Waals surface area contributed by atoms with Gasteiger partial charge in [-0.25, -0.2) is 9.78 Å². The lowest BCUT2D eigenvalue weighted by atomic mass is 10.3. The minimum atomic E-state index is -0.961. The van der Waals surface area contributed by atoms with E-state index >= 15 is 0 Å². The van der Waals surface area contributed by atoms with Gasteiger partial charge >= 0.3 is 5.97 Å². The maximum absolute atomic E-state index is 11.0. The molecule has 2 aromatic heterocycles. The zero-order valence-electron chi connectivity index (χ0n) is 8.28. The number of aromatic nitrogens is 2. The van der Waals surface area contributed by atoms with Crippen molar-refractivity contribution in [3.63, 3.8) is 0 Å². The number of nitrogens with zero attached hydrogens (tertiary/aromatic N) is 2. The second-order valence-corrected chi connectivity index (χ2v) is 4.26. The average Bonchev–Trinajstić information content (AvgIpc) is 2.41. The molecule has 2 aromatic rings. The first kappa shape index (κ1) is 10.2. The highest BCUT2D eigenvalue weighted by Gasteiger charge is 2.16. The molecule has 1 N–H and O–H groups in total. The summed E-state index contributed by atoms with van der Waals surface area (Å²) < 4.78 is 2.40. The summed E-state index contributed by atoms with van der Waals surface area (Å²) in [4.78, 5) is 15.3. The molecule has 0 amide bonds. The van der Waals surface area contributed by atoms with Crippen LogP contribution in [-0.2, 0) is 0 Å². The molecule has 0 fully saturated rings. The molecule has 2 rings (SSSR count). The Labute approximate surface area is 94.7 Å². The fourth-order valence-electron chi connectivity index (χ4n) is 1.60. The number of carboxylic acids is 1. The molecule has 0 radical (unpaired) electrons. The number of carbonyl (C=O) groups is 1. The van der Waals surface area contributed by atoms with E-state index in [4.69, 9.17) is 5.11 Å². The minimum Gasteiger partial charge on any atom is -0.477 e. The second-order valence-electron chi connectivity index (χ2n) is 3.41. The molecule has 15 heavy (non-hydrogen) atoms. The monoisotopic (exact) mass is 268 g/mol. The number of hydrogen-bond donors (Lipinski definition) is 1. The molecular formula is C10H9BrN2O2. The molecule has 0 atom stereocenters. The molecule has 0 aliphatic heterocycles. The highest BCUT2D eigenvalue weighted by molar-refractivity contribution is 9.10. The lowest BCUT2D eigenvalue weighted by Gasteiger charge is -2.01. The van der Waals surface area contributed by atoms with Crippen LogP contribution in [0, 0.1) is 13.8 Å². The summed E-state index contributed by atoms with van der Waals surface area (Å²) >= 11 is 3.37. The number of aryl methyl sites for hydroxylation is 2. The Morgan fingerprint density at radius 2 is 2.20 bits per heavy atom. The lowest BCUT2D eigenvalue weighted by Crippen LogP contribution is -2.03. The Morgan fingerprint density at radius 3 is 2.80 bits per heavy atom. The number of fused-ring (bicyclic) bond motifs is 1. The second kappa shape index (κ2) is 3.34. The van der Waals surface area contributed by atoms with E-state index < -0.39 is 5.97 Å². The normalized spacial score (nSPS) is 10.9. The molecule has 5 heteroatoms. The minimum absolute atomic E-state index is 0.217. The molecule has 0 saturated heterocycles. The number of carboxylic acid groups (broad SMARTS) is 1. The summed E-state index contributed by atoms with van der Waals surface area (Å²) in [6, 6.07) is 1.91. The van der Waals surface area contributed by atoms with Crippen molar-refractivity contribution in [1.82, 2.24) is 9.38 Å². The number of aromatic carboxylic acids is 1. The zero-order valence-corrected chi connectivity index (χ0v) is 9.87. The van der Waals surface area contributed by atoms with Crippen LogP contribution in [0.4, 0.5) is 0 Å². The van der Waals surface area contributed by atoms with Gasteiger partial charge in [-0.15, -0.1) is 0 Å². The summed E-state index contributed by atoms with van der Waals surface area (Å²) in [6.07, 6.45) is 1.77. The van der Waals surface area contributed by atoms with Gasteiger partial charge in [0.15, 0.2) is 11.3 Å². The molecule has 4 nitrogen and oxygen atoms in total. The Kier molecular flexibility index (Phi) is 2.26. The summed E-state index contributed by atoms with van der Waals surface area (Å²) in [5.41, 5.74) is 2.35. The van der Waals surface area contributed by atoms with Gasteiger partial charge in [0.25, 0.3) is 0 Å². The first-order valence-electron chi connectivity index (χ1n) is 4.39. The third-order valence-electron chi connectivity index (χ3n) is 2.19. The molecule has 0 bridgehead atoms. The highest BCUT2D eigenvalue weighted by atomic mass is 79.9.